The maximum atomic E-state index is 6.29. The minimum atomic E-state index is 0.283. The highest BCUT2D eigenvalue weighted by atomic mass is 16.5. The van der Waals surface area contributed by atoms with Gasteiger partial charge in [0.05, 0.1) is 7.11 Å². The first kappa shape index (κ1) is 12.4. The van der Waals surface area contributed by atoms with E-state index in [1.807, 2.05) is 12.1 Å². The van der Waals surface area contributed by atoms with E-state index in [0.29, 0.717) is 5.92 Å². The monoisotopic (exact) mass is 234 g/mol. The summed E-state index contributed by atoms with van der Waals surface area (Å²) in [4.78, 5) is 0. The van der Waals surface area contributed by atoms with Gasteiger partial charge in [0.15, 0.2) is 0 Å². The summed E-state index contributed by atoms with van der Waals surface area (Å²) in [5.74, 6) is 1.57. The average molecular weight is 234 g/mol. The Kier molecular flexibility index (Phi) is 4.40. The number of piperidine rings is 1. The molecular formula is C14H22N2O. The maximum Gasteiger partial charge on any atom is 0.118 e. The molecule has 1 unspecified atom stereocenters. The fourth-order valence-electron chi connectivity index (χ4n) is 2.47. The van der Waals surface area contributed by atoms with Gasteiger partial charge in [-0.2, -0.15) is 0 Å². The molecule has 1 aromatic carbocycles. The lowest BCUT2D eigenvalue weighted by Gasteiger charge is -2.28. The van der Waals surface area contributed by atoms with Gasteiger partial charge in [-0.05, 0) is 56.0 Å². The summed E-state index contributed by atoms with van der Waals surface area (Å²) in [5, 5.41) is 3.38. The van der Waals surface area contributed by atoms with E-state index in [4.69, 9.17) is 10.5 Å². The molecule has 1 aliphatic rings. The molecule has 0 spiro atoms. The summed E-state index contributed by atoms with van der Waals surface area (Å²) in [7, 11) is 1.69. The van der Waals surface area contributed by atoms with E-state index in [-0.39, 0.29) is 6.04 Å². The zero-order valence-corrected chi connectivity index (χ0v) is 10.5. The molecular weight excluding hydrogens is 212 g/mol. The normalized spacial score (nSPS) is 18.9. The minimum absolute atomic E-state index is 0.283. The van der Waals surface area contributed by atoms with E-state index in [0.717, 1.165) is 25.3 Å². The largest absolute Gasteiger partial charge is 0.497 e. The molecule has 0 bridgehead atoms. The van der Waals surface area contributed by atoms with Crippen LogP contribution in [-0.2, 0) is 6.42 Å². The molecule has 94 valence electrons. The van der Waals surface area contributed by atoms with E-state index >= 15 is 0 Å². The van der Waals surface area contributed by atoms with Crippen LogP contribution in [-0.4, -0.2) is 26.2 Å². The van der Waals surface area contributed by atoms with Gasteiger partial charge in [0.2, 0.25) is 0 Å². The standard InChI is InChI=1S/C14H22N2O/c1-17-13-4-2-11(3-5-13)10-14(15)12-6-8-16-9-7-12/h2-5,12,14,16H,6-10,15H2,1H3. The predicted octanol–water partition coefficient (Wildman–Crippen LogP) is 1.56. The molecule has 2 rings (SSSR count). The summed E-state index contributed by atoms with van der Waals surface area (Å²) in [6.07, 6.45) is 3.38. The molecule has 17 heavy (non-hydrogen) atoms. The first-order chi connectivity index (χ1) is 8.29. The van der Waals surface area contributed by atoms with Crippen LogP contribution < -0.4 is 15.8 Å². The van der Waals surface area contributed by atoms with Crippen LogP contribution in [0.25, 0.3) is 0 Å². The van der Waals surface area contributed by atoms with Crippen molar-refractivity contribution in [1.82, 2.24) is 5.32 Å². The zero-order valence-electron chi connectivity index (χ0n) is 10.5. The number of benzene rings is 1. The van der Waals surface area contributed by atoms with Crippen LogP contribution in [0.15, 0.2) is 24.3 Å². The fourth-order valence-corrected chi connectivity index (χ4v) is 2.47. The number of hydrogen-bond donors (Lipinski definition) is 2. The highest BCUT2D eigenvalue weighted by Crippen LogP contribution is 2.19. The summed E-state index contributed by atoms with van der Waals surface area (Å²) in [5.41, 5.74) is 7.59. The van der Waals surface area contributed by atoms with Gasteiger partial charge < -0.3 is 15.8 Å². The van der Waals surface area contributed by atoms with Gasteiger partial charge in [-0.1, -0.05) is 12.1 Å². The smallest absolute Gasteiger partial charge is 0.118 e. The van der Waals surface area contributed by atoms with Crippen molar-refractivity contribution in [3.8, 4) is 5.75 Å². The summed E-state index contributed by atoms with van der Waals surface area (Å²) >= 11 is 0. The van der Waals surface area contributed by atoms with E-state index < -0.39 is 0 Å². The van der Waals surface area contributed by atoms with E-state index in [1.165, 1.54) is 18.4 Å². The highest BCUT2D eigenvalue weighted by molar-refractivity contribution is 5.27. The second-order valence-electron chi connectivity index (χ2n) is 4.80. The van der Waals surface area contributed by atoms with Gasteiger partial charge >= 0.3 is 0 Å². The molecule has 1 aromatic rings. The zero-order chi connectivity index (χ0) is 12.1. The summed E-state index contributed by atoms with van der Waals surface area (Å²) in [6.45, 7) is 2.22. The number of rotatable bonds is 4. The molecule has 1 atom stereocenters. The Labute approximate surface area is 103 Å². The molecule has 3 N–H and O–H groups in total. The van der Waals surface area contributed by atoms with Gasteiger partial charge in [0.25, 0.3) is 0 Å². The van der Waals surface area contributed by atoms with E-state index in [1.54, 1.807) is 7.11 Å². The molecule has 0 aromatic heterocycles. The lowest BCUT2D eigenvalue weighted by molar-refractivity contribution is 0.316. The van der Waals surface area contributed by atoms with Crippen molar-refractivity contribution in [1.29, 1.82) is 0 Å². The number of hydrogen-bond acceptors (Lipinski definition) is 3. The van der Waals surface area contributed by atoms with Gasteiger partial charge in [0, 0.05) is 6.04 Å². The number of methoxy groups -OCH3 is 1. The van der Waals surface area contributed by atoms with Crippen molar-refractivity contribution in [3.63, 3.8) is 0 Å². The Balaban J connectivity index is 1.89. The van der Waals surface area contributed by atoms with Crippen LogP contribution >= 0.6 is 0 Å². The lowest BCUT2D eigenvalue weighted by atomic mass is 9.87. The molecule has 1 fully saturated rings. The fraction of sp³-hybridized carbons (Fsp3) is 0.571. The van der Waals surface area contributed by atoms with E-state index in [9.17, 15) is 0 Å². The van der Waals surface area contributed by atoms with Crippen LogP contribution in [0.3, 0.4) is 0 Å². The van der Waals surface area contributed by atoms with Gasteiger partial charge in [-0.15, -0.1) is 0 Å². The lowest BCUT2D eigenvalue weighted by Crippen LogP contribution is -2.39. The molecule has 0 saturated carbocycles. The van der Waals surface area contributed by atoms with Crippen LogP contribution in [0, 0.1) is 5.92 Å². The Morgan fingerprint density at radius 1 is 1.29 bits per heavy atom. The average Bonchev–Trinajstić information content (AvgIpc) is 2.40. The Hall–Kier alpha value is -1.06. The maximum absolute atomic E-state index is 6.29. The third kappa shape index (κ3) is 3.45. The van der Waals surface area contributed by atoms with Gasteiger partial charge in [-0.3, -0.25) is 0 Å². The second-order valence-corrected chi connectivity index (χ2v) is 4.80. The van der Waals surface area contributed by atoms with Crippen molar-refractivity contribution in [3.05, 3.63) is 29.8 Å². The third-order valence-electron chi connectivity index (χ3n) is 3.62. The SMILES string of the molecule is COc1ccc(CC(N)C2CCNCC2)cc1. The van der Waals surface area contributed by atoms with Gasteiger partial charge in [0.1, 0.15) is 5.75 Å². The van der Waals surface area contributed by atoms with Crippen LogP contribution in [0.4, 0.5) is 0 Å². The number of ether oxygens (including phenoxy) is 1. The van der Waals surface area contributed by atoms with Crippen LogP contribution in [0.2, 0.25) is 0 Å². The molecule has 1 heterocycles. The molecule has 0 radical (unpaired) electrons. The molecule has 1 saturated heterocycles. The predicted molar refractivity (Wildman–Crippen MR) is 70.3 cm³/mol. The van der Waals surface area contributed by atoms with Crippen molar-refractivity contribution < 1.29 is 4.74 Å². The highest BCUT2D eigenvalue weighted by Gasteiger charge is 2.20. The first-order valence-corrected chi connectivity index (χ1v) is 6.39. The second kappa shape index (κ2) is 6.03. The van der Waals surface area contributed by atoms with Crippen molar-refractivity contribution in [2.75, 3.05) is 20.2 Å². The molecule has 3 heteroatoms. The summed E-state index contributed by atoms with van der Waals surface area (Å²) < 4.78 is 5.15. The number of nitrogens with one attached hydrogen (secondary N) is 1. The Bertz CT molecular complexity index is 331. The van der Waals surface area contributed by atoms with Crippen LogP contribution in [0.1, 0.15) is 18.4 Å². The molecule has 0 amide bonds. The Morgan fingerprint density at radius 2 is 1.94 bits per heavy atom. The molecule has 3 nitrogen and oxygen atoms in total. The summed E-state index contributed by atoms with van der Waals surface area (Å²) in [6, 6.07) is 8.51. The molecule has 1 aliphatic heterocycles. The molecule has 0 aliphatic carbocycles. The topological polar surface area (TPSA) is 47.3 Å². The third-order valence-corrected chi connectivity index (χ3v) is 3.62. The van der Waals surface area contributed by atoms with Gasteiger partial charge in [-0.25, -0.2) is 0 Å². The van der Waals surface area contributed by atoms with Crippen molar-refractivity contribution in [2.45, 2.75) is 25.3 Å². The van der Waals surface area contributed by atoms with E-state index in [2.05, 4.69) is 17.4 Å². The number of nitrogens with two attached hydrogens (primary N) is 1. The minimum Gasteiger partial charge on any atom is -0.497 e. The quantitative estimate of drug-likeness (QED) is 0.831. The Morgan fingerprint density at radius 3 is 2.53 bits per heavy atom. The van der Waals surface area contributed by atoms with Crippen molar-refractivity contribution in [2.24, 2.45) is 11.7 Å². The first-order valence-electron chi connectivity index (χ1n) is 6.39. The van der Waals surface area contributed by atoms with Crippen LogP contribution in [0.5, 0.6) is 5.75 Å². The van der Waals surface area contributed by atoms with Crippen molar-refractivity contribution >= 4 is 0 Å².